The van der Waals surface area contributed by atoms with E-state index in [2.05, 4.69) is 19.6 Å². The van der Waals surface area contributed by atoms with E-state index in [1.54, 1.807) is 0 Å². The minimum Gasteiger partial charge on any atom is -0.494 e. The second-order valence-electron chi connectivity index (χ2n) is 4.81. The molecule has 0 radical (unpaired) electrons. The fraction of sp³-hybridized carbons (Fsp3) is 0.714. The molecule has 0 aromatic heterocycles. The first-order chi connectivity index (χ1) is 7.72. The lowest BCUT2D eigenvalue weighted by Crippen LogP contribution is -2.16. The molecule has 1 aliphatic carbocycles. The average molecular weight is 223 g/mol. The first-order valence-corrected chi connectivity index (χ1v) is 6.41. The summed E-state index contributed by atoms with van der Waals surface area (Å²) in [7, 11) is 0. The maximum Gasteiger partial charge on any atom is 0.112 e. The van der Waals surface area contributed by atoms with Crippen molar-refractivity contribution in [3.05, 3.63) is 24.0 Å². The molecule has 0 aromatic carbocycles. The van der Waals surface area contributed by atoms with Crippen molar-refractivity contribution in [3.8, 4) is 0 Å². The third kappa shape index (κ3) is 5.36. The van der Waals surface area contributed by atoms with Gasteiger partial charge in [-0.1, -0.05) is 18.6 Å². The molecule has 1 aliphatic rings. The second kappa shape index (κ2) is 7.50. The summed E-state index contributed by atoms with van der Waals surface area (Å²) < 4.78 is 5.63. The molecule has 1 fully saturated rings. The highest BCUT2D eigenvalue weighted by molar-refractivity contribution is 5.14. The number of hydrogen-bond acceptors (Lipinski definition) is 2. The van der Waals surface area contributed by atoms with Crippen LogP contribution in [0.1, 0.15) is 45.4 Å². The van der Waals surface area contributed by atoms with Gasteiger partial charge in [-0.15, -0.1) is 0 Å². The summed E-state index contributed by atoms with van der Waals surface area (Å²) in [6.07, 6.45) is 9.45. The second-order valence-corrected chi connectivity index (χ2v) is 4.81. The predicted molar refractivity (Wildman–Crippen MR) is 69.1 cm³/mol. The topological polar surface area (TPSA) is 35.2 Å². The van der Waals surface area contributed by atoms with Gasteiger partial charge in [-0.25, -0.2) is 0 Å². The van der Waals surface area contributed by atoms with Crippen LogP contribution in [-0.4, -0.2) is 13.2 Å². The lowest BCUT2D eigenvalue weighted by molar-refractivity contribution is 0.129. The Hall–Kier alpha value is -0.760. The Balaban J connectivity index is 2.11. The maximum atomic E-state index is 5.63. The van der Waals surface area contributed by atoms with Gasteiger partial charge in [0.05, 0.1) is 6.61 Å². The van der Waals surface area contributed by atoms with E-state index in [1.807, 2.05) is 0 Å². The van der Waals surface area contributed by atoms with Crippen LogP contribution >= 0.6 is 0 Å². The van der Waals surface area contributed by atoms with E-state index in [4.69, 9.17) is 10.5 Å². The van der Waals surface area contributed by atoms with Crippen LogP contribution in [-0.2, 0) is 4.74 Å². The molecule has 0 atom stereocenters. The van der Waals surface area contributed by atoms with Crippen LogP contribution in [0.4, 0.5) is 0 Å². The number of allylic oxidation sites excluding steroid dienone is 2. The van der Waals surface area contributed by atoms with Crippen LogP contribution in [0.15, 0.2) is 24.0 Å². The summed E-state index contributed by atoms with van der Waals surface area (Å²) >= 11 is 0. The molecule has 0 saturated heterocycles. The Morgan fingerprint density at radius 2 is 2.19 bits per heavy atom. The number of nitrogens with two attached hydrogens (primary N) is 1. The fourth-order valence-electron chi connectivity index (χ4n) is 1.82. The number of hydrogen-bond donors (Lipinski definition) is 1. The van der Waals surface area contributed by atoms with Crippen molar-refractivity contribution in [2.75, 3.05) is 13.2 Å². The van der Waals surface area contributed by atoms with E-state index in [0.29, 0.717) is 0 Å². The molecular weight excluding hydrogens is 198 g/mol. The highest BCUT2D eigenvalue weighted by Gasteiger charge is 2.17. The van der Waals surface area contributed by atoms with Crippen molar-refractivity contribution in [2.24, 2.45) is 11.7 Å². The lowest BCUT2D eigenvalue weighted by atomic mass is 9.86. The van der Waals surface area contributed by atoms with E-state index >= 15 is 0 Å². The smallest absolute Gasteiger partial charge is 0.112 e. The molecule has 1 saturated carbocycles. The summed E-state index contributed by atoms with van der Waals surface area (Å²) in [6, 6.07) is 0. The van der Waals surface area contributed by atoms with E-state index in [0.717, 1.165) is 44.1 Å². The van der Waals surface area contributed by atoms with Gasteiger partial charge in [-0.3, -0.25) is 0 Å². The molecule has 2 nitrogen and oxygen atoms in total. The monoisotopic (exact) mass is 223 g/mol. The van der Waals surface area contributed by atoms with Crippen LogP contribution in [0, 0.1) is 5.92 Å². The molecule has 0 heterocycles. The van der Waals surface area contributed by atoms with Gasteiger partial charge in [0.1, 0.15) is 5.76 Å². The summed E-state index contributed by atoms with van der Waals surface area (Å²) in [5.74, 6) is 1.60. The molecule has 0 aromatic rings. The van der Waals surface area contributed by atoms with Gasteiger partial charge < -0.3 is 10.5 Å². The van der Waals surface area contributed by atoms with Gasteiger partial charge in [-0.05, 0) is 57.6 Å². The standard InChI is InChI=1S/C14H25NO/c1-12(6-3-4-9-15)10-13(2)16-11-14-7-5-8-14/h10,14H,2-9,11,15H2,1H3. The van der Waals surface area contributed by atoms with Gasteiger partial charge in [0, 0.05) is 0 Å². The molecule has 92 valence electrons. The summed E-state index contributed by atoms with van der Waals surface area (Å²) in [4.78, 5) is 0. The molecule has 0 bridgehead atoms. The Morgan fingerprint density at radius 1 is 1.44 bits per heavy atom. The van der Waals surface area contributed by atoms with Crippen LogP contribution in [0.5, 0.6) is 0 Å². The molecule has 2 heteroatoms. The van der Waals surface area contributed by atoms with E-state index < -0.39 is 0 Å². The number of unbranched alkanes of at least 4 members (excludes halogenated alkanes) is 1. The molecule has 1 rings (SSSR count). The molecule has 0 unspecified atom stereocenters. The Kier molecular flexibility index (Phi) is 6.24. The van der Waals surface area contributed by atoms with Gasteiger partial charge in [-0.2, -0.15) is 0 Å². The molecule has 0 amide bonds. The van der Waals surface area contributed by atoms with Crippen LogP contribution in [0.2, 0.25) is 0 Å². The van der Waals surface area contributed by atoms with E-state index in [-0.39, 0.29) is 0 Å². The first-order valence-electron chi connectivity index (χ1n) is 6.41. The van der Waals surface area contributed by atoms with Crippen LogP contribution in [0.25, 0.3) is 0 Å². The minimum atomic E-state index is 0.780. The third-order valence-corrected chi connectivity index (χ3v) is 3.16. The third-order valence-electron chi connectivity index (χ3n) is 3.16. The predicted octanol–water partition coefficient (Wildman–Crippen LogP) is 3.39. The maximum absolute atomic E-state index is 5.63. The fourth-order valence-corrected chi connectivity index (χ4v) is 1.82. The molecule has 0 spiro atoms. The van der Waals surface area contributed by atoms with E-state index in [9.17, 15) is 0 Å². The van der Waals surface area contributed by atoms with Gasteiger partial charge in [0.15, 0.2) is 0 Å². The zero-order valence-corrected chi connectivity index (χ0v) is 10.5. The van der Waals surface area contributed by atoms with Crippen molar-refractivity contribution in [1.82, 2.24) is 0 Å². The highest BCUT2D eigenvalue weighted by atomic mass is 16.5. The van der Waals surface area contributed by atoms with Crippen molar-refractivity contribution in [3.63, 3.8) is 0 Å². The Labute approximate surface area is 99.6 Å². The highest BCUT2D eigenvalue weighted by Crippen LogP contribution is 2.27. The number of ether oxygens (including phenoxy) is 1. The van der Waals surface area contributed by atoms with Crippen molar-refractivity contribution in [1.29, 1.82) is 0 Å². The number of rotatable bonds is 8. The Bertz CT molecular complexity index is 241. The van der Waals surface area contributed by atoms with E-state index in [1.165, 1.54) is 24.8 Å². The van der Waals surface area contributed by atoms with Crippen molar-refractivity contribution in [2.45, 2.75) is 45.4 Å². The Morgan fingerprint density at radius 3 is 2.75 bits per heavy atom. The van der Waals surface area contributed by atoms with Gasteiger partial charge in [0.2, 0.25) is 0 Å². The van der Waals surface area contributed by atoms with Crippen LogP contribution in [0.3, 0.4) is 0 Å². The summed E-state index contributed by atoms with van der Waals surface area (Å²) in [5.41, 5.74) is 6.80. The first kappa shape index (κ1) is 13.3. The average Bonchev–Trinajstić information content (AvgIpc) is 2.15. The normalized spacial score (nSPS) is 17.0. The van der Waals surface area contributed by atoms with Crippen molar-refractivity contribution < 1.29 is 4.74 Å². The molecule has 16 heavy (non-hydrogen) atoms. The quantitative estimate of drug-likeness (QED) is 0.389. The van der Waals surface area contributed by atoms with Gasteiger partial charge in [0.25, 0.3) is 0 Å². The zero-order chi connectivity index (χ0) is 11.8. The minimum absolute atomic E-state index is 0.780. The zero-order valence-electron chi connectivity index (χ0n) is 10.5. The molecule has 0 aliphatic heterocycles. The summed E-state index contributed by atoms with van der Waals surface area (Å²) in [6.45, 7) is 7.70. The molecule has 2 N–H and O–H groups in total. The van der Waals surface area contributed by atoms with Gasteiger partial charge >= 0.3 is 0 Å². The summed E-state index contributed by atoms with van der Waals surface area (Å²) in [5, 5.41) is 0. The van der Waals surface area contributed by atoms with Crippen LogP contribution < -0.4 is 5.73 Å². The SMILES string of the molecule is C=C(C=C(C)CCCCN)OCC1CCC1. The van der Waals surface area contributed by atoms with Crippen molar-refractivity contribution >= 4 is 0 Å². The largest absolute Gasteiger partial charge is 0.494 e. The lowest BCUT2D eigenvalue weighted by Gasteiger charge is -2.25. The molecular formula is C14H25NO.